The van der Waals surface area contributed by atoms with Gasteiger partial charge in [0.15, 0.2) is 0 Å². The molecule has 0 aliphatic rings. The summed E-state index contributed by atoms with van der Waals surface area (Å²) >= 11 is 5.78. The minimum atomic E-state index is -4.21. The van der Waals surface area contributed by atoms with Crippen molar-refractivity contribution in [3.05, 3.63) is 28.8 Å². The summed E-state index contributed by atoms with van der Waals surface area (Å²) in [6, 6.07) is 4.37. The normalized spacial score (nSPS) is 11.3. The Balaban J connectivity index is 2.48. The quantitative estimate of drug-likeness (QED) is 0.658. The summed E-state index contributed by atoms with van der Waals surface area (Å²) in [7, 11) is 0. The Hall–Kier alpha value is -1.43. The van der Waals surface area contributed by atoms with E-state index in [1.165, 1.54) is 18.2 Å². The van der Waals surface area contributed by atoms with E-state index in [-0.39, 0.29) is 23.6 Å². The molecule has 3 nitrogen and oxygen atoms in total. The summed E-state index contributed by atoms with van der Waals surface area (Å²) in [6.07, 6.45) is -5.31. The van der Waals surface area contributed by atoms with Gasteiger partial charge in [-0.1, -0.05) is 11.6 Å². The van der Waals surface area contributed by atoms with Crippen molar-refractivity contribution < 1.29 is 18.0 Å². The summed E-state index contributed by atoms with van der Waals surface area (Å²) in [5.74, 6) is -0.533. The molecule has 0 atom stereocenters. The fourth-order valence-electron chi connectivity index (χ4n) is 1.30. The van der Waals surface area contributed by atoms with Crippen molar-refractivity contribution in [2.75, 3.05) is 12.3 Å². The molecule has 1 rings (SSSR count). The van der Waals surface area contributed by atoms with E-state index in [0.717, 1.165) is 0 Å². The molecule has 0 aliphatic carbocycles. The Morgan fingerprint density at radius 3 is 2.67 bits per heavy atom. The monoisotopic (exact) mass is 280 g/mol. The zero-order valence-corrected chi connectivity index (χ0v) is 10.1. The lowest BCUT2D eigenvalue weighted by Crippen LogP contribution is -2.26. The number of carbonyl (C=O) groups is 1. The Morgan fingerprint density at radius 2 is 2.06 bits per heavy atom. The van der Waals surface area contributed by atoms with Crippen LogP contribution in [-0.4, -0.2) is 18.6 Å². The second-order valence-electron chi connectivity index (χ2n) is 3.71. The van der Waals surface area contributed by atoms with Crippen LogP contribution in [0.25, 0.3) is 0 Å². The van der Waals surface area contributed by atoms with Gasteiger partial charge in [0.25, 0.3) is 5.91 Å². The van der Waals surface area contributed by atoms with E-state index in [9.17, 15) is 18.0 Å². The van der Waals surface area contributed by atoms with Gasteiger partial charge in [-0.3, -0.25) is 4.79 Å². The Kier molecular flexibility index (Phi) is 4.84. The van der Waals surface area contributed by atoms with E-state index in [4.69, 9.17) is 17.3 Å². The molecule has 0 bridgehead atoms. The third-order valence-electron chi connectivity index (χ3n) is 2.16. The highest BCUT2D eigenvalue weighted by molar-refractivity contribution is 6.34. The van der Waals surface area contributed by atoms with Gasteiger partial charge in [-0.2, -0.15) is 13.2 Å². The number of nitrogen functional groups attached to an aromatic ring is 1. The number of hydrogen-bond acceptors (Lipinski definition) is 2. The summed E-state index contributed by atoms with van der Waals surface area (Å²) in [5, 5.41) is 2.57. The van der Waals surface area contributed by atoms with Crippen molar-refractivity contribution >= 4 is 23.2 Å². The molecular formula is C11H12ClF3N2O. The van der Waals surface area contributed by atoms with Crippen molar-refractivity contribution in [3.8, 4) is 0 Å². The highest BCUT2D eigenvalue weighted by Crippen LogP contribution is 2.21. The highest BCUT2D eigenvalue weighted by atomic mass is 35.5. The van der Waals surface area contributed by atoms with Crippen molar-refractivity contribution in [1.29, 1.82) is 0 Å². The fraction of sp³-hybridized carbons (Fsp3) is 0.364. The molecule has 0 heterocycles. The first-order chi connectivity index (χ1) is 8.29. The molecule has 0 aromatic heterocycles. The maximum absolute atomic E-state index is 11.9. The number of hydrogen-bond donors (Lipinski definition) is 2. The molecule has 7 heteroatoms. The van der Waals surface area contributed by atoms with Crippen LogP contribution in [0.5, 0.6) is 0 Å². The number of amides is 1. The molecule has 3 N–H and O–H groups in total. The Labute approximate surface area is 107 Å². The first-order valence-corrected chi connectivity index (χ1v) is 5.57. The lowest BCUT2D eigenvalue weighted by Gasteiger charge is -2.08. The Morgan fingerprint density at radius 1 is 1.39 bits per heavy atom. The summed E-state index contributed by atoms with van der Waals surface area (Å²) in [5.41, 5.74) is 6.01. The third kappa shape index (κ3) is 4.83. The molecule has 1 amide bonds. The topological polar surface area (TPSA) is 55.1 Å². The smallest absolute Gasteiger partial charge is 0.389 e. The molecule has 0 saturated carbocycles. The zero-order valence-electron chi connectivity index (χ0n) is 9.35. The second kappa shape index (κ2) is 5.95. The Bertz CT molecular complexity index is 435. The number of rotatable bonds is 4. The number of carbonyl (C=O) groups excluding carboxylic acids is 1. The molecule has 0 fully saturated rings. The molecule has 0 unspecified atom stereocenters. The molecule has 18 heavy (non-hydrogen) atoms. The minimum Gasteiger partial charge on any atom is -0.399 e. The lowest BCUT2D eigenvalue weighted by atomic mass is 10.2. The predicted octanol–water partition coefficient (Wildman–Crippen LogP) is 2.99. The second-order valence-corrected chi connectivity index (χ2v) is 4.12. The van der Waals surface area contributed by atoms with E-state index < -0.39 is 18.5 Å². The SMILES string of the molecule is Nc1ccc(Cl)c(C(=O)NCCCC(F)(F)F)c1. The fourth-order valence-corrected chi connectivity index (χ4v) is 1.51. The molecule has 100 valence electrons. The van der Waals surface area contributed by atoms with Gasteiger partial charge in [-0.15, -0.1) is 0 Å². The van der Waals surface area contributed by atoms with Crippen LogP contribution in [0.3, 0.4) is 0 Å². The third-order valence-corrected chi connectivity index (χ3v) is 2.49. The van der Waals surface area contributed by atoms with Crippen LogP contribution >= 0.6 is 11.6 Å². The van der Waals surface area contributed by atoms with Gasteiger partial charge in [0.05, 0.1) is 10.6 Å². The van der Waals surface area contributed by atoms with Gasteiger partial charge >= 0.3 is 6.18 Å². The number of anilines is 1. The van der Waals surface area contributed by atoms with Gasteiger partial charge in [-0.25, -0.2) is 0 Å². The van der Waals surface area contributed by atoms with Crippen LogP contribution in [-0.2, 0) is 0 Å². The summed E-state index contributed by atoms with van der Waals surface area (Å²) in [4.78, 5) is 11.6. The summed E-state index contributed by atoms with van der Waals surface area (Å²) < 4.78 is 35.6. The van der Waals surface area contributed by atoms with Gasteiger partial charge < -0.3 is 11.1 Å². The van der Waals surface area contributed by atoms with Crippen LogP contribution in [0.2, 0.25) is 5.02 Å². The van der Waals surface area contributed by atoms with Crippen LogP contribution in [0, 0.1) is 0 Å². The maximum Gasteiger partial charge on any atom is 0.389 e. The average Bonchev–Trinajstić information content (AvgIpc) is 2.26. The van der Waals surface area contributed by atoms with Gasteiger partial charge in [0, 0.05) is 18.7 Å². The average molecular weight is 281 g/mol. The largest absolute Gasteiger partial charge is 0.399 e. The van der Waals surface area contributed by atoms with E-state index in [1.54, 1.807) is 0 Å². The van der Waals surface area contributed by atoms with Crippen molar-refractivity contribution in [3.63, 3.8) is 0 Å². The van der Waals surface area contributed by atoms with E-state index in [2.05, 4.69) is 5.32 Å². The van der Waals surface area contributed by atoms with Crippen LogP contribution < -0.4 is 11.1 Å². The number of nitrogens with two attached hydrogens (primary N) is 1. The lowest BCUT2D eigenvalue weighted by molar-refractivity contribution is -0.135. The standard InChI is InChI=1S/C11H12ClF3N2O/c12-9-3-2-7(16)6-8(9)10(18)17-5-1-4-11(13,14)15/h2-3,6H,1,4-5,16H2,(H,17,18). The van der Waals surface area contributed by atoms with Crippen LogP contribution in [0.15, 0.2) is 18.2 Å². The number of nitrogens with one attached hydrogen (secondary N) is 1. The minimum absolute atomic E-state index is 0.0660. The van der Waals surface area contributed by atoms with Gasteiger partial charge in [0.2, 0.25) is 0 Å². The van der Waals surface area contributed by atoms with E-state index in [1.807, 2.05) is 0 Å². The molecular weight excluding hydrogens is 269 g/mol. The van der Waals surface area contributed by atoms with Crippen molar-refractivity contribution in [1.82, 2.24) is 5.32 Å². The molecule has 0 radical (unpaired) electrons. The zero-order chi connectivity index (χ0) is 13.8. The first kappa shape index (κ1) is 14.6. The molecule has 0 spiro atoms. The number of halogens is 4. The van der Waals surface area contributed by atoms with Gasteiger partial charge in [0.1, 0.15) is 0 Å². The van der Waals surface area contributed by atoms with Crippen LogP contribution in [0.4, 0.5) is 18.9 Å². The van der Waals surface area contributed by atoms with Crippen molar-refractivity contribution in [2.24, 2.45) is 0 Å². The highest BCUT2D eigenvalue weighted by Gasteiger charge is 2.26. The number of benzene rings is 1. The van der Waals surface area contributed by atoms with E-state index >= 15 is 0 Å². The summed E-state index contributed by atoms with van der Waals surface area (Å²) in [6.45, 7) is -0.0660. The van der Waals surface area contributed by atoms with E-state index in [0.29, 0.717) is 5.69 Å². The first-order valence-electron chi connectivity index (χ1n) is 5.19. The molecule has 1 aromatic rings. The predicted molar refractivity (Wildman–Crippen MR) is 63.5 cm³/mol. The molecule has 1 aromatic carbocycles. The number of alkyl halides is 3. The molecule has 0 aliphatic heterocycles. The molecule has 0 saturated heterocycles. The van der Waals surface area contributed by atoms with Crippen LogP contribution in [0.1, 0.15) is 23.2 Å². The maximum atomic E-state index is 11.9. The van der Waals surface area contributed by atoms with Crippen molar-refractivity contribution in [2.45, 2.75) is 19.0 Å². The van der Waals surface area contributed by atoms with Gasteiger partial charge in [-0.05, 0) is 24.6 Å².